The van der Waals surface area contributed by atoms with E-state index < -0.39 is 0 Å². The zero-order valence-corrected chi connectivity index (χ0v) is 7.57. The maximum Gasteiger partial charge on any atom is -0.0254 e. The molecule has 1 aliphatic carbocycles. The van der Waals surface area contributed by atoms with Crippen LogP contribution in [0.4, 0.5) is 0 Å². The third-order valence-electron chi connectivity index (χ3n) is 2.20. The highest BCUT2D eigenvalue weighted by Crippen LogP contribution is 2.37. The van der Waals surface area contributed by atoms with Gasteiger partial charge in [-0.25, -0.2) is 0 Å². The van der Waals surface area contributed by atoms with E-state index in [-0.39, 0.29) is 0 Å². The summed E-state index contributed by atoms with van der Waals surface area (Å²) < 4.78 is 0. The largest absolute Gasteiger partial charge is 0.0827 e. The Morgan fingerprint density at radius 2 is 2.10 bits per heavy atom. The van der Waals surface area contributed by atoms with Crippen LogP contribution in [0.3, 0.4) is 0 Å². The molecule has 58 valence electrons. The molecule has 0 saturated carbocycles. The predicted molar refractivity (Wildman–Crippen MR) is 45.9 cm³/mol. The molecule has 1 unspecified atom stereocenters. The molecule has 0 aromatic heterocycles. The normalized spacial score (nSPS) is 31.6. The van der Waals surface area contributed by atoms with Gasteiger partial charge in [0.15, 0.2) is 0 Å². The van der Waals surface area contributed by atoms with Crippen LogP contribution < -0.4 is 0 Å². The number of hydrogen-bond donors (Lipinski definition) is 0. The summed E-state index contributed by atoms with van der Waals surface area (Å²) >= 11 is 0. The third-order valence-corrected chi connectivity index (χ3v) is 2.20. The van der Waals surface area contributed by atoms with Gasteiger partial charge < -0.3 is 0 Å². The van der Waals surface area contributed by atoms with Crippen LogP contribution in [0.1, 0.15) is 40.5 Å². The smallest absolute Gasteiger partial charge is 0.0254 e. The Hall–Kier alpha value is -0.260. The molecule has 0 heterocycles. The Morgan fingerprint density at radius 3 is 2.50 bits per heavy atom. The molecule has 0 saturated heterocycles. The fourth-order valence-corrected chi connectivity index (χ4v) is 2.30. The van der Waals surface area contributed by atoms with Crippen molar-refractivity contribution >= 4 is 0 Å². The highest BCUT2D eigenvalue weighted by Gasteiger charge is 2.24. The summed E-state index contributed by atoms with van der Waals surface area (Å²) in [7, 11) is 0. The van der Waals surface area contributed by atoms with Crippen molar-refractivity contribution in [3.8, 4) is 0 Å². The van der Waals surface area contributed by atoms with Gasteiger partial charge in [0.2, 0.25) is 0 Å². The van der Waals surface area contributed by atoms with E-state index >= 15 is 0 Å². The van der Waals surface area contributed by atoms with Crippen molar-refractivity contribution in [3.05, 3.63) is 11.6 Å². The lowest BCUT2D eigenvalue weighted by Gasteiger charge is -2.32. The van der Waals surface area contributed by atoms with Crippen molar-refractivity contribution in [2.75, 3.05) is 0 Å². The molecule has 0 radical (unpaired) electrons. The fourth-order valence-electron chi connectivity index (χ4n) is 2.30. The van der Waals surface area contributed by atoms with Crippen LogP contribution in [0, 0.1) is 11.3 Å². The van der Waals surface area contributed by atoms with Crippen LogP contribution in [0.5, 0.6) is 0 Å². The molecular weight excluding hydrogens is 120 g/mol. The third kappa shape index (κ3) is 1.86. The first kappa shape index (κ1) is 7.84. The van der Waals surface area contributed by atoms with E-state index in [4.69, 9.17) is 0 Å². The van der Waals surface area contributed by atoms with Gasteiger partial charge in [-0.2, -0.15) is 0 Å². The summed E-state index contributed by atoms with van der Waals surface area (Å²) in [5.74, 6) is 0.795. The van der Waals surface area contributed by atoms with E-state index in [0.717, 1.165) is 5.92 Å². The Morgan fingerprint density at radius 1 is 1.50 bits per heavy atom. The Balaban J connectivity index is 2.70. The molecule has 10 heavy (non-hydrogen) atoms. The van der Waals surface area contributed by atoms with Gasteiger partial charge in [0, 0.05) is 0 Å². The molecule has 0 amide bonds. The van der Waals surface area contributed by atoms with Crippen molar-refractivity contribution in [1.82, 2.24) is 0 Å². The quantitative estimate of drug-likeness (QED) is 0.450. The van der Waals surface area contributed by atoms with Crippen molar-refractivity contribution < 1.29 is 0 Å². The lowest BCUT2D eigenvalue weighted by Crippen LogP contribution is -2.19. The Labute approximate surface area is 64.3 Å². The summed E-state index contributed by atoms with van der Waals surface area (Å²) in [6.45, 7) is 9.28. The van der Waals surface area contributed by atoms with E-state index in [1.807, 2.05) is 0 Å². The van der Waals surface area contributed by atoms with E-state index in [0.29, 0.717) is 5.41 Å². The molecule has 0 bridgehead atoms. The first-order valence-corrected chi connectivity index (χ1v) is 4.17. The second-order valence-corrected chi connectivity index (χ2v) is 4.54. The molecule has 1 aliphatic rings. The summed E-state index contributed by atoms with van der Waals surface area (Å²) in [5, 5.41) is 0. The highest BCUT2D eigenvalue weighted by molar-refractivity contribution is 5.08. The molecular formula is C10H18. The van der Waals surface area contributed by atoms with Gasteiger partial charge in [-0.05, 0) is 31.1 Å². The maximum absolute atomic E-state index is 2.41. The minimum atomic E-state index is 0.554. The predicted octanol–water partition coefficient (Wildman–Crippen LogP) is 3.39. The van der Waals surface area contributed by atoms with Gasteiger partial charge >= 0.3 is 0 Å². The van der Waals surface area contributed by atoms with Gasteiger partial charge in [-0.3, -0.25) is 0 Å². The lowest BCUT2D eigenvalue weighted by molar-refractivity contribution is 0.280. The van der Waals surface area contributed by atoms with Crippen LogP contribution in [-0.4, -0.2) is 0 Å². The van der Waals surface area contributed by atoms with Crippen LogP contribution in [0.15, 0.2) is 11.6 Å². The van der Waals surface area contributed by atoms with E-state index in [1.165, 1.54) is 12.8 Å². The highest BCUT2D eigenvalue weighted by atomic mass is 14.3. The topological polar surface area (TPSA) is 0 Å². The molecule has 0 fully saturated rings. The van der Waals surface area contributed by atoms with Crippen LogP contribution in [-0.2, 0) is 0 Å². The van der Waals surface area contributed by atoms with Crippen molar-refractivity contribution in [3.63, 3.8) is 0 Å². The molecule has 0 nitrogen and oxygen atoms in total. The summed E-state index contributed by atoms with van der Waals surface area (Å²) in [4.78, 5) is 0. The summed E-state index contributed by atoms with van der Waals surface area (Å²) in [6, 6.07) is 0. The van der Waals surface area contributed by atoms with Crippen LogP contribution in [0.25, 0.3) is 0 Å². The molecule has 1 rings (SSSR count). The van der Waals surface area contributed by atoms with E-state index in [2.05, 4.69) is 33.8 Å². The Kier molecular flexibility index (Phi) is 1.89. The molecule has 0 heteroatoms. The van der Waals surface area contributed by atoms with E-state index in [9.17, 15) is 0 Å². The zero-order valence-electron chi connectivity index (χ0n) is 7.57. The lowest BCUT2D eigenvalue weighted by atomic mass is 9.74. The standard InChI is InChI=1S/C10H18/c1-8-5-9(2)7-10(3,4)6-8/h5,8H,6-7H2,1-4H3. The number of hydrogen-bond acceptors (Lipinski definition) is 0. The average molecular weight is 138 g/mol. The fraction of sp³-hybridized carbons (Fsp3) is 0.800. The van der Waals surface area contributed by atoms with Gasteiger partial charge in [0.25, 0.3) is 0 Å². The minimum absolute atomic E-state index is 0.554. The average Bonchev–Trinajstić information content (AvgIpc) is 1.54. The monoisotopic (exact) mass is 138 g/mol. The number of allylic oxidation sites excluding steroid dienone is 2. The first-order valence-electron chi connectivity index (χ1n) is 4.17. The zero-order chi connectivity index (χ0) is 7.78. The summed E-state index contributed by atoms with van der Waals surface area (Å²) in [6.07, 6.45) is 5.05. The van der Waals surface area contributed by atoms with Crippen LogP contribution in [0.2, 0.25) is 0 Å². The SMILES string of the molecule is CC1=CC(C)CC(C)(C)C1. The molecule has 0 N–H and O–H groups in total. The second kappa shape index (κ2) is 2.41. The van der Waals surface area contributed by atoms with Crippen LogP contribution >= 0.6 is 0 Å². The maximum atomic E-state index is 2.41. The minimum Gasteiger partial charge on any atom is -0.0827 e. The van der Waals surface area contributed by atoms with Crippen molar-refractivity contribution in [2.24, 2.45) is 11.3 Å². The number of rotatable bonds is 0. The van der Waals surface area contributed by atoms with Gasteiger partial charge in [0.1, 0.15) is 0 Å². The van der Waals surface area contributed by atoms with Crippen molar-refractivity contribution in [1.29, 1.82) is 0 Å². The molecule has 0 aromatic carbocycles. The van der Waals surface area contributed by atoms with Gasteiger partial charge in [-0.15, -0.1) is 0 Å². The second-order valence-electron chi connectivity index (χ2n) is 4.54. The molecule has 0 aliphatic heterocycles. The van der Waals surface area contributed by atoms with Gasteiger partial charge in [0.05, 0.1) is 0 Å². The Bertz CT molecular complexity index is 151. The summed E-state index contributed by atoms with van der Waals surface area (Å²) in [5.41, 5.74) is 2.13. The van der Waals surface area contributed by atoms with E-state index in [1.54, 1.807) is 5.57 Å². The first-order chi connectivity index (χ1) is 4.49. The van der Waals surface area contributed by atoms with Gasteiger partial charge in [-0.1, -0.05) is 32.4 Å². The molecule has 1 atom stereocenters. The molecule has 0 aromatic rings. The molecule has 0 spiro atoms. The van der Waals surface area contributed by atoms with Crippen molar-refractivity contribution in [2.45, 2.75) is 40.5 Å².